The maximum Gasteiger partial charge on any atom is 0.246 e. The molecule has 19 heavy (non-hydrogen) atoms. The van der Waals surface area contributed by atoms with Crippen molar-refractivity contribution in [2.75, 3.05) is 26.3 Å². The van der Waals surface area contributed by atoms with E-state index in [-0.39, 0.29) is 24.7 Å². The number of hydrogen-bond donors (Lipinski definition) is 3. The molecule has 1 heterocycles. The Morgan fingerprint density at radius 2 is 2.05 bits per heavy atom. The Labute approximate surface area is 115 Å². The lowest BCUT2D eigenvalue weighted by Gasteiger charge is -2.41. The summed E-state index contributed by atoms with van der Waals surface area (Å²) < 4.78 is 5.62. The molecule has 0 bridgehead atoms. The van der Waals surface area contributed by atoms with E-state index in [0.717, 1.165) is 38.8 Å². The van der Waals surface area contributed by atoms with Crippen molar-refractivity contribution in [3.63, 3.8) is 0 Å². The van der Waals surface area contributed by atoms with Crippen LogP contribution >= 0.6 is 0 Å². The molecule has 0 aromatic rings. The second kappa shape index (κ2) is 5.77. The fourth-order valence-corrected chi connectivity index (χ4v) is 2.79. The first-order valence-corrected chi connectivity index (χ1v) is 7.24. The lowest BCUT2D eigenvalue weighted by atomic mass is 9.77. The second-order valence-electron chi connectivity index (χ2n) is 6.51. The summed E-state index contributed by atoms with van der Waals surface area (Å²) >= 11 is 0. The molecule has 5 nitrogen and oxygen atoms in total. The summed E-state index contributed by atoms with van der Waals surface area (Å²) in [5, 5.41) is 15.7. The van der Waals surface area contributed by atoms with Crippen LogP contribution in [0.1, 0.15) is 39.5 Å². The summed E-state index contributed by atoms with van der Waals surface area (Å²) in [6, 6.07) is 0. The van der Waals surface area contributed by atoms with E-state index in [1.807, 2.05) is 6.92 Å². The van der Waals surface area contributed by atoms with Crippen LogP contribution in [0, 0.1) is 5.92 Å². The van der Waals surface area contributed by atoms with Crippen LogP contribution in [0.25, 0.3) is 0 Å². The largest absolute Gasteiger partial charge is 0.394 e. The highest BCUT2D eigenvalue weighted by molar-refractivity contribution is 5.78. The summed E-state index contributed by atoms with van der Waals surface area (Å²) in [5.74, 6) is 0.574. The number of carbonyl (C=O) groups is 1. The fraction of sp³-hybridized carbons (Fsp3) is 0.929. The van der Waals surface area contributed by atoms with Crippen LogP contribution in [-0.2, 0) is 9.53 Å². The van der Waals surface area contributed by atoms with Crippen LogP contribution in [-0.4, -0.2) is 48.5 Å². The number of nitrogens with one attached hydrogen (secondary N) is 2. The minimum Gasteiger partial charge on any atom is -0.394 e. The van der Waals surface area contributed by atoms with Crippen LogP contribution in [0.4, 0.5) is 0 Å². The van der Waals surface area contributed by atoms with Crippen LogP contribution in [0.15, 0.2) is 0 Å². The minimum absolute atomic E-state index is 0.0181. The van der Waals surface area contributed by atoms with Crippen molar-refractivity contribution in [3.05, 3.63) is 0 Å². The van der Waals surface area contributed by atoms with E-state index in [1.54, 1.807) is 0 Å². The highest BCUT2D eigenvalue weighted by Crippen LogP contribution is 2.31. The van der Waals surface area contributed by atoms with E-state index < -0.39 is 5.54 Å². The quantitative estimate of drug-likeness (QED) is 0.677. The predicted octanol–water partition coefficient (Wildman–Crippen LogP) is 0.422. The summed E-state index contributed by atoms with van der Waals surface area (Å²) in [6.07, 6.45) is 3.83. The highest BCUT2D eigenvalue weighted by Gasteiger charge is 2.37. The first kappa shape index (κ1) is 14.8. The van der Waals surface area contributed by atoms with Gasteiger partial charge in [-0.25, -0.2) is 0 Å². The topological polar surface area (TPSA) is 70.6 Å². The van der Waals surface area contributed by atoms with Crippen LogP contribution in [0.3, 0.4) is 0 Å². The van der Waals surface area contributed by atoms with Gasteiger partial charge in [-0.3, -0.25) is 4.79 Å². The number of hydrogen-bond acceptors (Lipinski definition) is 4. The van der Waals surface area contributed by atoms with E-state index >= 15 is 0 Å². The zero-order chi connectivity index (χ0) is 13.9. The van der Waals surface area contributed by atoms with Crippen molar-refractivity contribution < 1.29 is 14.6 Å². The number of amides is 1. The van der Waals surface area contributed by atoms with E-state index in [0.29, 0.717) is 5.92 Å². The molecule has 2 fully saturated rings. The molecule has 110 valence electrons. The van der Waals surface area contributed by atoms with Gasteiger partial charge in [0.2, 0.25) is 5.91 Å². The maximum atomic E-state index is 12.0. The van der Waals surface area contributed by atoms with E-state index in [2.05, 4.69) is 17.6 Å². The summed E-state index contributed by atoms with van der Waals surface area (Å²) in [6.45, 7) is 5.91. The molecule has 5 heteroatoms. The standard InChI is InChI=1S/C14H26N2O3/c1-11-3-5-14(10-17,6-4-11)16-12(18)7-19-13(2)8-15-9-13/h11,15,17H,3-10H2,1-2H3,(H,16,18). The Kier molecular flexibility index (Phi) is 4.48. The van der Waals surface area contributed by atoms with E-state index in [1.165, 1.54) is 0 Å². The molecule has 2 aliphatic rings. The van der Waals surface area contributed by atoms with Gasteiger partial charge < -0.3 is 20.5 Å². The summed E-state index contributed by atoms with van der Waals surface area (Å²) in [4.78, 5) is 12.0. The first-order valence-electron chi connectivity index (χ1n) is 7.24. The van der Waals surface area contributed by atoms with Gasteiger partial charge >= 0.3 is 0 Å². The van der Waals surface area contributed by atoms with Crippen molar-refractivity contribution >= 4 is 5.91 Å². The molecule has 0 unspecified atom stereocenters. The Morgan fingerprint density at radius 1 is 1.42 bits per heavy atom. The molecule has 0 aromatic carbocycles. The van der Waals surface area contributed by atoms with Gasteiger partial charge in [0.1, 0.15) is 6.61 Å². The highest BCUT2D eigenvalue weighted by atomic mass is 16.5. The number of aliphatic hydroxyl groups excluding tert-OH is 1. The Balaban J connectivity index is 1.79. The van der Waals surface area contributed by atoms with Crippen molar-refractivity contribution in [2.45, 2.75) is 50.7 Å². The molecule has 1 aliphatic carbocycles. The molecular weight excluding hydrogens is 244 g/mol. The van der Waals surface area contributed by atoms with Crippen molar-refractivity contribution in [1.29, 1.82) is 0 Å². The second-order valence-corrected chi connectivity index (χ2v) is 6.51. The van der Waals surface area contributed by atoms with E-state index in [4.69, 9.17) is 4.74 Å². The average Bonchev–Trinajstić information content (AvgIpc) is 2.37. The van der Waals surface area contributed by atoms with Gasteiger partial charge in [0.05, 0.1) is 17.7 Å². The minimum atomic E-state index is -0.425. The van der Waals surface area contributed by atoms with E-state index in [9.17, 15) is 9.90 Å². The zero-order valence-electron chi connectivity index (χ0n) is 12.0. The van der Waals surface area contributed by atoms with Gasteiger partial charge in [0, 0.05) is 13.1 Å². The molecule has 0 aromatic heterocycles. The molecule has 2 rings (SSSR count). The van der Waals surface area contributed by atoms with Gasteiger partial charge in [-0.1, -0.05) is 6.92 Å². The van der Waals surface area contributed by atoms with Gasteiger partial charge in [-0.15, -0.1) is 0 Å². The molecule has 1 saturated heterocycles. The monoisotopic (exact) mass is 270 g/mol. The molecule has 0 atom stereocenters. The number of aliphatic hydroxyl groups is 1. The average molecular weight is 270 g/mol. The van der Waals surface area contributed by atoms with Crippen molar-refractivity contribution in [1.82, 2.24) is 10.6 Å². The smallest absolute Gasteiger partial charge is 0.246 e. The number of carbonyl (C=O) groups excluding carboxylic acids is 1. The van der Waals surface area contributed by atoms with Crippen LogP contribution in [0.5, 0.6) is 0 Å². The third-order valence-electron chi connectivity index (χ3n) is 4.49. The van der Waals surface area contributed by atoms with Gasteiger partial charge in [0.25, 0.3) is 0 Å². The Morgan fingerprint density at radius 3 is 2.53 bits per heavy atom. The Bertz CT molecular complexity index is 321. The van der Waals surface area contributed by atoms with Gasteiger partial charge in [-0.05, 0) is 38.5 Å². The first-order chi connectivity index (χ1) is 8.97. The van der Waals surface area contributed by atoms with Crippen LogP contribution in [0.2, 0.25) is 0 Å². The molecule has 1 saturated carbocycles. The third kappa shape index (κ3) is 3.68. The van der Waals surface area contributed by atoms with Crippen LogP contribution < -0.4 is 10.6 Å². The fourth-order valence-electron chi connectivity index (χ4n) is 2.79. The van der Waals surface area contributed by atoms with Crippen molar-refractivity contribution in [3.8, 4) is 0 Å². The lowest BCUT2D eigenvalue weighted by molar-refractivity contribution is -0.139. The van der Waals surface area contributed by atoms with Crippen molar-refractivity contribution in [2.24, 2.45) is 5.92 Å². The summed E-state index contributed by atoms with van der Waals surface area (Å²) in [5.41, 5.74) is -0.628. The Hall–Kier alpha value is -0.650. The van der Waals surface area contributed by atoms with Gasteiger partial charge in [0.15, 0.2) is 0 Å². The molecule has 0 radical (unpaired) electrons. The molecule has 1 aliphatic heterocycles. The normalized spacial score (nSPS) is 33.5. The van der Waals surface area contributed by atoms with Gasteiger partial charge in [-0.2, -0.15) is 0 Å². The number of ether oxygens (including phenoxy) is 1. The summed E-state index contributed by atoms with van der Waals surface area (Å²) in [7, 11) is 0. The predicted molar refractivity (Wildman–Crippen MR) is 72.8 cm³/mol. The number of rotatable bonds is 5. The third-order valence-corrected chi connectivity index (χ3v) is 4.49. The molecule has 3 N–H and O–H groups in total. The zero-order valence-corrected chi connectivity index (χ0v) is 12.0. The molecule has 1 amide bonds. The maximum absolute atomic E-state index is 12.0. The SMILES string of the molecule is CC1CCC(CO)(NC(=O)COC2(C)CNC2)CC1. The molecular formula is C14H26N2O3. The lowest BCUT2D eigenvalue weighted by Crippen LogP contribution is -2.60. The molecule has 0 spiro atoms.